The summed E-state index contributed by atoms with van der Waals surface area (Å²) < 4.78 is 5.21. The van der Waals surface area contributed by atoms with Gasteiger partial charge in [0.05, 0.1) is 12.6 Å². The Labute approximate surface area is 108 Å². The highest BCUT2D eigenvalue weighted by atomic mass is 16.5. The van der Waals surface area contributed by atoms with Crippen molar-refractivity contribution in [2.45, 2.75) is 31.7 Å². The molecule has 0 spiro atoms. The van der Waals surface area contributed by atoms with Crippen LogP contribution in [-0.4, -0.2) is 25.1 Å². The first-order chi connectivity index (χ1) is 8.55. The van der Waals surface area contributed by atoms with Crippen LogP contribution in [0.4, 0.5) is 0 Å². The molecule has 1 aliphatic carbocycles. The molecule has 1 saturated carbocycles. The maximum Gasteiger partial charge on any atom is 0.240 e. The van der Waals surface area contributed by atoms with Crippen LogP contribution in [0.15, 0.2) is 18.2 Å². The number of hydrogen-bond donors (Lipinski definition) is 2. The van der Waals surface area contributed by atoms with Crippen LogP contribution in [0, 0.1) is 6.92 Å². The zero-order chi connectivity index (χ0) is 13.2. The Morgan fingerprint density at radius 3 is 2.78 bits per heavy atom. The maximum absolute atomic E-state index is 11.6. The van der Waals surface area contributed by atoms with E-state index in [-0.39, 0.29) is 5.91 Å². The fourth-order valence-electron chi connectivity index (χ4n) is 1.95. The van der Waals surface area contributed by atoms with Crippen LogP contribution in [-0.2, 0) is 11.2 Å². The summed E-state index contributed by atoms with van der Waals surface area (Å²) in [5.74, 6) is 0.870. The minimum Gasteiger partial charge on any atom is -0.496 e. The van der Waals surface area contributed by atoms with Crippen LogP contribution in [0.2, 0.25) is 0 Å². The number of amides is 1. The summed E-state index contributed by atoms with van der Waals surface area (Å²) in [7, 11) is 1.67. The SMILES string of the molecule is COc1ccc(CCNC(=O)C2(N)CC2)cc1C. The van der Waals surface area contributed by atoms with Gasteiger partial charge in [0.25, 0.3) is 0 Å². The number of nitrogens with one attached hydrogen (secondary N) is 1. The summed E-state index contributed by atoms with van der Waals surface area (Å²) in [4.78, 5) is 11.6. The third kappa shape index (κ3) is 2.82. The van der Waals surface area contributed by atoms with E-state index < -0.39 is 5.54 Å². The molecule has 2 rings (SSSR count). The summed E-state index contributed by atoms with van der Waals surface area (Å²) >= 11 is 0. The second kappa shape index (κ2) is 4.98. The summed E-state index contributed by atoms with van der Waals surface area (Å²) in [5.41, 5.74) is 7.53. The molecule has 1 aromatic rings. The third-order valence-corrected chi connectivity index (χ3v) is 3.40. The predicted molar refractivity (Wildman–Crippen MR) is 70.6 cm³/mol. The summed E-state index contributed by atoms with van der Waals surface area (Å²) in [6.07, 6.45) is 2.42. The van der Waals surface area contributed by atoms with Gasteiger partial charge in [0.1, 0.15) is 5.75 Å². The number of carbonyl (C=O) groups is 1. The fourth-order valence-corrected chi connectivity index (χ4v) is 1.95. The van der Waals surface area contributed by atoms with Crippen LogP contribution >= 0.6 is 0 Å². The van der Waals surface area contributed by atoms with Gasteiger partial charge in [0.15, 0.2) is 0 Å². The van der Waals surface area contributed by atoms with E-state index in [2.05, 4.69) is 11.4 Å². The molecular weight excluding hydrogens is 228 g/mol. The lowest BCUT2D eigenvalue weighted by molar-refractivity contribution is -0.123. The Kier molecular flexibility index (Phi) is 3.57. The van der Waals surface area contributed by atoms with Crippen LogP contribution in [0.1, 0.15) is 24.0 Å². The predicted octanol–water partition coefficient (Wildman–Crippen LogP) is 1.15. The lowest BCUT2D eigenvalue weighted by Gasteiger charge is -2.11. The van der Waals surface area contributed by atoms with Gasteiger partial charge in [0, 0.05) is 6.54 Å². The smallest absolute Gasteiger partial charge is 0.240 e. The number of rotatable bonds is 5. The first kappa shape index (κ1) is 12.9. The topological polar surface area (TPSA) is 64.3 Å². The number of ether oxygens (including phenoxy) is 1. The molecule has 1 fully saturated rings. The van der Waals surface area contributed by atoms with E-state index in [1.165, 1.54) is 5.56 Å². The van der Waals surface area contributed by atoms with Gasteiger partial charge in [0.2, 0.25) is 5.91 Å². The van der Waals surface area contributed by atoms with Gasteiger partial charge in [-0.3, -0.25) is 4.79 Å². The van der Waals surface area contributed by atoms with Crippen molar-refractivity contribution in [3.05, 3.63) is 29.3 Å². The standard InChI is InChI=1S/C14H20N2O2/c1-10-9-11(3-4-12(10)18-2)5-8-16-13(17)14(15)6-7-14/h3-4,9H,5-8,15H2,1-2H3,(H,16,17). The Morgan fingerprint density at radius 1 is 1.50 bits per heavy atom. The molecule has 18 heavy (non-hydrogen) atoms. The molecule has 0 saturated heterocycles. The highest BCUT2D eigenvalue weighted by Gasteiger charge is 2.45. The van der Waals surface area contributed by atoms with Gasteiger partial charge in [-0.05, 0) is 43.4 Å². The highest BCUT2D eigenvalue weighted by molar-refractivity contribution is 5.88. The number of nitrogens with two attached hydrogens (primary N) is 1. The molecule has 98 valence electrons. The van der Waals surface area contributed by atoms with Crippen molar-refractivity contribution in [3.63, 3.8) is 0 Å². The average Bonchev–Trinajstić information content (AvgIpc) is 3.09. The van der Waals surface area contributed by atoms with E-state index in [9.17, 15) is 4.79 Å². The van der Waals surface area contributed by atoms with Crippen LogP contribution in [0.25, 0.3) is 0 Å². The molecule has 4 heteroatoms. The fraction of sp³-hybridized carbons (Fsp3) is 0.500. The first-order valence-electron chi connectivity index (χ1n) is 6.26. The molecule has 1 aliphatic rings. The number of hydrogen-bond acceptors (Lipinski definition) is 3. The lowest BCUT2D eigenvalue weighted by Crippen LogP contribution is -2.43. The second-order valence-corrected chi connectivity index (χ2v) is 4.97. The Bertz CT molecular complexity index is 453. The average molecular weight is 248 g/mol. The van der Waals surface area contributed by atoms with Crippen LogP contribution in [0.5, 0.6) is 5.75 Å². The van der Waals surface area contributed by atoms with E-state index >= 15 is 0 Å². The molecule has 0 aliphatic heterocycles. The molecule has 0 aromatic heterocycles. The van der Waals surface area contributed by atoms with Crippen molar-refractivity contribution in [3.8, 4) is 5.75 Å². The van der Waals surface area contributed by atoms with Crippen LogP contribution < -0.4 is 15.8 Å². The van der Waals surface area contributed by atoms with E-state index in [1.807, 2.05) is 19.1 Å². The zero-order valence-electron chi connectivity index (χ0n) is 11.0. The molecule has 0 radical (unpaired) electrons. The van der Waals surface area contributed by atoms with Gasteiger partial charge in [-0.1, -0.05) is 12.1 Å². The molecule has 3 N–H and O–H groups in total. The maximum atomic E-state index is 11.6. The molecule has 0 unspecified atom stereocenters. The molecule has 0 heterocycles. The van der Waals surface area contributed by atoms with Crippen molar-refractivity contribution < 1.29 is 9.53 Å². The summed E-state index contributed by atoms with van der Waals surface area (Å²) in [5, 5.41) is 2.89. The molecule has 4 nitrogen and oxygen atoms in total. The van der Waals surface area contributed by atoms with Crippen molar-refractivity contribution in [1.29, 1.82) is 0 Å². The second-order valence-electron chi connectivity index (χ2n) is 4.97. The number of benzene rings is 1. The number of aryl methyl sites for hydroxylation is 1. The van der Waals surface area contributed by atoms with E-state index in [4.69, 9.17) is 10.5 Å². The van der Waals surface area contributed by atoms with Crippen LogP contribution in [0.3, 0.4) is 0 Å². The quantitative estimate of drug-likeness (QED) is 0.821. The van der Waals surface area contributed by atoms with E-state index in [0.717, 1.165) is 30.6 Å². The Hall–Kier alpha value is -1.55. The number of carbonyl (C=O) groups excluding carboxylic acids is 1. The molecular formula is C14H20N2O2. The van der Waals surface area contributed by atoms with Gasteiger partial charge >= 0.3 is 0 Å². The Morgan fingerprint density at radius 2 is 2.22 bits per heavy atom. The zero-order valence-corrected chi connectivity index (χ0v) is 11.0. The largest absolute Gasteiger partial charge is 0.496 e. The summed E-state index contributed by atoms with van der Waals surface area (Å²) in [6, 6.07) is 6.06. The van der Waals surface area contributed by atoms with Crippen molar-refractivity contribution in [2.75, 3.05) is 13.7 Å². The van der Waals surface area contributed by atoms with Gasteiger partial charge in [-0.15, -0.1) is 0 Å². The van der Waals surface area contributed by atoms with Crippen molar-refractivity contribution in [1.82, 2.24) is 5.32 Å². The normalized spacial score (nSPS) is 16.2. The lowest BCUT2D eigenvalue weighted by atomic mass is 10.1. The van der Waals surface area contributed by atoms with Crippen molar-refractivity contribution in [2.24, 2.45) is 5.73 Å². The third-order valence-electron chi connectivity index (χ3n) is 3.40. The van der Waals surface area contributed by atoms with Crippen molar-refractivity contribution >= 4 is 5.91 Å². The monoisotopic (exact) mass is 248 g/mol. The molecule has 0 bridgehead atoms. The van der Waals surface area contributed by atoms with Gasteiger partial charge < -0.3 is 15.8 Å². The minimum atomic E-state index is -0.574. The minimum absolute atomic E-state index is 0.0206. The first-order valence-corrected chi connectivity index (χ1v) is 6.26. The Balaban J connectivity index is 1.83. The van der Waals surface area contributed by atoms with Gasteiger partial charge in [-0.2, -0.15) is 0 Å². The van der Waals surface area contributed by atoms with E-state index in [1.54, 1.807) is 7.11 Å². The molecule has 1 aromatic carbocycles. The highest BCUT2D eigenvalue weighted by Crippen LogP contribution is 2.32. The van der Waals surface area contributed by atoms with E-state index in [0.29, 0.717) is 6.54 Å². The molecule has 0 atom stereocenters. The summed E-state index contributed by atoms with van der Waals surface area (Å²) in [6.45, 7) is 2.64. The number of methoxy groups -OCH3 is 1. The molecule has 1 amide bonds. The van der Waals surface area contributed by atoms with Gasteiger partial charge in [-0.25, -0.2) is 0 Å².